The van der Waals surface area contributed by atoms with E-state index in [1.54, 1.807) is 6.21 Å². The Labute approximate surface area is 144 Å². The molecule has 0 fully saturated rings. The van der Waals surface area contributed by atoms with Gasteiger partial charge in [0.05, 0.1) is 11.9 Å². The summed E-state index contributed by atoms with van der Waals surface area (Å²) in [5.74, 6) is 0. The summed E-state index contributed by atoms with van der Waals surface area (Å²) in [6.45, 7) is 4.19. The van der Waals surface area contributed by atoms with E-state index >= 15 is 0 Å². The van der Waals surface area contributed by atoms with Crippen LogP contribution < -0.4 is 5.43 Å². The van der Waals surface area contributed by atoms with Gasteiger partial charge in [-0.2, -0.15) is 5.10 Å². The molecule has 0 atom stereocenters. The number of benzene rings is 2. The number of aromatic nitrogens is 1. The van der Waals surface area contributed by atoms with Crippen molar-refractivity contribution in [3.05, 3.63) is 69.6 Å². The van der Waals surface area contributed by atoms with Gasteiger partial charge in [-0.1, -0.05) is 53.6 Å². The lowest BCUT2D eigenvalue weighted by Crippen LogP contribution is -1.91. The fourth-order valence-corrected chi connectivity index (χ4v) is 3.13. The Hall–Kier alpha value is -2.17. The molecule has 3 aromatic rings. The minimum absolute atomic E-state index is 0.674. The third-order valence-corrected chi connectivity index (χ3v) is 4.52. The van der Waals surface area contributed by atoms with Gasteiger partial charge in [-0.25, -0.2) is 4.98 Å². The SMILES string of the molecule is Cc1ccc(-c2csc(N/N=C\c3ccccc3Cl)n2)c(C)c1. The molecular weight excluding hydrogens is 326 g/mol. The molecule has 0 saturated heterocycles. The van der Waals surface area contributed by atoms with E-state index in [0.717, 1.165) is 22.0 Å². The molecule has 0 bridgehead atoms. The third-order valence-electron chi connectivity index (χ3n) is 3.43. The van der Waals surface area contributed by atoms with Gasteiger partial charge in [0, 0.05) is 21.5 Å². The molecule has 5 heteroatoms. The smallest absolute Gasteiger partial charge is 0.203 e. The second kappa shape index (κ2) is 6.94. The number of anilines is 1. The van der Waals surface area contributed by atoms with Crippen LogP contribution in [-0.4, -0.2) is 11.2 Å². The van der Waals surface area contributed by atoms with E-state index in [0.29, 0.717) is 5.02 Å². The fraction of sp³-hybridized carbons (Fsp3) is 0.111. The van der Waals surface area contributed by atoms with Crippen LogP contribution in [0.4, 0.5) is 5.13 Å². The first-order valence-electron chi connectivity index (χ1n) is 7.20. The molecule has 0 aliphatic rings. The summed E-state index contributed by atoms with van der Waals surface area (Å²) in [6.07, 6.45) is 1.69. The highest BCUT2D eigenvalue weighted by Gasteiger charge is 2.06. The number of hydrogen-bond donors (Lipinski definition) is 1. The molecule has 116 valence electrons. The van der Waals surface area contributed by atoms with Crippen molar-refractivity contribution in [2.24, 2.45) is 5.10 Å². The molecule has 0 aliphatic carbocycles. The number of hydrazone groups is 1. The maximum absolute atomic E-state index is 6.09. The first kappa shape index (κ1) is 15.7. The second-order valence-corrected chi connectivity index (χ2v) is 6.51. The van der Waals surface area contributed by atoms with Crippen LogP contribution in [0.5, 0.6) is 0 Å². The van der Waals surface area contributed by atoms with Crippen LogP contribution in [0.3, 0.4) is 0 Å². The average Bonchev–Trinajstić information content (AvgIpc) is 2.98. The normalized spacial score (nSPS) is 11.1. The number of nitrogens with zero attached hydrogens (tertiary/aromatic N) is 2. The maximum Gasteiger partial charge on any atom is 0.203 e. The third kappa shape index (κ3) is 3.78. The zero-order valence-electron chi connectivity index (χ0n) is 12.9. The molecule has 1 aromatic heterocycles. The highest BCUT2D eigenvalue weighted by Crippen LogP contribution is 2.28. The summed E-state index contributed by atoms with van der Waals surface area (Å²) in [5, 5.41) is 7.66. The lowest BCUT2D eigenvalue weighted by molar-refractivity contribution is 1.28. The molecular formula is C18H16ClN3S. The van der Waals surface area contributed by atoms with Crippen molar-refractivity contribution in [2.45, 2.75) is 13.8 Å². The minimum Gasteiger partial charge on any atom is -0.253 e. The number of halogens is 1. The topological polar surface area (TPSA) is 37.3 Å². The van der Waals surface area contributed by atoms with Gasteiger partial charge in [0.25, 0.3) is 0 Å². The molecule has 0 aliphatic heterocycles. The molecule has 3 rings (SSSR count). The maximum atomic E-state index is 6.09. The molecule has 2 aromatic carbocycles. The Bertz CT molecular complexity index is 855. The van der Waals surface area contributed by atoms with E-state index in [2.05, 4.69) is 47.6 Å². The summed E-state index contributed by atoms with van der Waals surface area (Å²) in [4.78, 5) is 4.59. The number of nitrogens with one attached hydrogen (secondary N) is 1. The van der Waals surface area contributed by atoms with Crippen molar-refractivity contribution >= 4 is 34.3 Å². The quantitative estimate of drug-likeness (QED) is 0.500. The van der Waals surface area contributed by atoms with Crippen LogP contribution in [0.2, 0.25) is 5.02 Å². The van der Waals surface area contributed by atoms with Gasteiger partial charge in [0.1, 0.15) is 0 Å². The summed E-state index contributed by atoms with van der Waals surface area (Å²) in [6, 6.07) is 13.9. The zero-order valence-corrected chi connectivity index (χ0v) is 14.4. The van der Waals surface area contributed by atoms with Gasteiger partial charge in [-0.15, -0.1) is 11.3 Å². The standard InChI is InChI=1S/C18H16ClN3S/c1-12-7-8-15(13(2)9-12)17-11-23-18(21-17)22-20-10-14-5-3-4-6-16(14)19/h3-11H,1-2H3,(H,21,22)/b20-10-. The highest BCUT2D eigenvalue weighted by atomic mass is 35.5. The van der Waals surface area contributed by atoms with E-state index in [1.807, 2.05) is 29.6 Å². The van der Waals surface area contributed by atoms with Gasteiger partial charge in [-0.05, 0) is 25.5 Å². The van der Waals surface area contributed by atoms with Crippen molar-refractivity contribution in [3.8, 4) is 11.3 Å². The van der Waals surface area contributed by atoms with Crippen molar-refractivity contribution in [1.82, 2.24) is 4.98 Å². The average molecular weight is 342 g/mol. The van der Waals surface area contributed by atoms with Crippen LogP contribution in [0.1, 0.15) is 16.7 Å². The van der Waals surface area contributed by atoms with Crippen molar-refractivity contribution in [2.75, 3.05) is 5.43 Å². The summed E-state index contributed by atoms with van der Waals surface area (Å²) >= 11 is 7.62. The van der Waals surface area contributed by atoms with Gasteiger partial charge in [0.2, 0.25) is 5.13 Å². The summed E-state index contributed by atoms with van der Waals surface area (Å²) in [5.41, 5.74) is 8.41. The molecule has 3 nitrogen and oxygen atoms in total. The van der Waals surface area contributed by atoms with Crippen LogP contribution in [0, 0.1) is 13.8 Å². The summed E-state index contributed by atoms with van der Waals surface area (Å²) < 4.78 is 0. The predicted octanol–water partition coefficient (Wildman–Crippen LogP) is 5.53. The van der Waals surface area contributed by atoms with Gasteiger partial charge < -0.3 is 0 Å². The van der Waals surface area contributed by atoms with Gasteiger partial charge >= 0.3 is 0 Å². The molecule has 0 spiro atoms. The van der Waals surface area contributed by atoms with Crippen LogP contribution in [0.25, 0.3) is 11.3 Å². The summed E-state index contributed by atoms with van der Waals surface area (Å²) in [7, 11) is 0. The molecule has 0 radical (unpaired) electrons. The van der Waals surface area contributed by atoms with E-state index in [-0.39, 0.29) is 0 Å². The first-order valence-corrected chi connectivity index (χ1v) is 8.46. The Morgan fingerprint density at radius 3 is 2.78 bits per heavy atom. The number of aryl methyl sites for hydroxylation is 2. The molecule has 0 unspecified atom stereocenters. The monoisotopic (exact) mass is 341 g/mol. The van der Waals surface area contributed by atoms with Crippen molar-refractivity contribution < 1.29 is 0 Å². The number of thiazole rings is 1. The van der Waals surface area contributed by atoms with Crippen LogP contribution in [-0.2, 0) is 0 Å². The van der Waals surface area contributed by atoms with E-state index in [1.165, 1.54) is 22.5 Å². The fourth-order valence-electron chi connectivity index (χ4n) is 2.29. The molecule has 0 amide bonds. The van der Waals surface area contributed by atoms with Crippen LogP contribution >= 0.6 is 22.9 Å². The first-order chi connectivity index (χ1) is 11.1. The highest BCUT2D eigenvalue weighted by molar-refractivity contribution is 7.14. The number of hydrogen-bond acceptors (Lipinski definition) is 4. The Kier molecular flexibility index (Phi) is 4.74. The van der Waals surface area contributed by atoms with E-state index in [9.17, 15) is 0 Å². The lowest BCUT2D eigenvalue weighted by atomic mass is 10.0. The molecule has 23 heavy (non-hydrogen) atoms. The minimum atomic E-state index is 0.674. The van der Waals surface area contributed by atoms with Crippen molar-refractivity contribution in [1.29, 1.82) is 0 Å². The van der Waals surface area contributed by atoms with Gasteiger partial charge in [-0.3, -0.25) is 5.43 Å². The number of rotatable bonds is 4. The lowest BCUT2D eigenvalue weighted by Gasteiger charge is -2.03. The Morgan fingerprint density at radius 1 is 1.17 bits per heavy atom. The van der Waals surface area contributed by atoms with E-state index < -0.39 is 0 Å². The Morgan fingerprint density at radius 2 is 2.00 bits per heavy atom. The second-order valence-electron chi connectivity index (χ2n) is 5.25. The molecule has 1 heterocycles. The largest absolute Gasteiger partial charge is 0.253 e. The van der Waals surface area contributed by atoms with E-state index in [4.69, 9.17) is 11.6 Å². The zero-order chi connectivity index (χ0) is 16.2. The molecule has 0 saturated carbocycles. The predicted molar refractivity (Wildman–Crippen MR) is 99.7 cm³/mol. The van der Waals surface area contributed by atoms with Crippen molar-refractivity contribution in [3.63, 3.8) is 0 Å². The molecule has 1 N–H and O–H groups in total. The Balaban J connectivity index is 1.74. The van der Waals surface area contributed by atoms with Crippen LogP contribution in [0.15, 0.2) is 52.9 Å². The van der Waals surface area contributed by atoms with Gasteiger partial charge in [0.15, 0.2) is 0 Å².